The van der Waals surface area contributed by atoms with E-state index in [1.165, 1.54) is 24.1 Å². The van der Waals surface area contributed by atoms with Gasteiger partial charge in [0.25, 0.3) is 0 Å². The number of esters is 1. The van der Waals surface area contributed by atoms with E-state index >= 15 is 0 Å². The number of ether oxygens (including phenoxy) is 1. The molecular weight excluding hydrogens is 202 g/mol. The minimum Gasteiger partial charge on any atom is -0.466 e. The fourth-order valence-corrected chi connectivity index (χ4v) is 2.09. The molecule has 1 aromatic heterocycles. The molecule has 2 rings (SSSR count). The lowest BCUT2D eigenvalue weighted by Crippen LogP contribution is -2.12. The summed E-state index contributed by atoms with van der Waals surface area (Å²) in [6.45, 7) is 2.25. The predicted molar refractivity (Wildman–Crippen MR) is 61.2 cm³/mol. The lowest BCUT2D eigenvalue weighted by atomic mass is 9.96. The first kappa shape index (κ1) is 11.1. The highest BCUT2D eigenvalue weighted by Crippen LogP contribution is 2.19. The normalized spacial score (nSPS) is 14.3. The van der Waals surface area contributed by atoms with Gasteiger partial charge in [-0.3, -0.25) is 9.78 Å². The average Bonchev–Trinajstić information content (AvgIpc) is 2.29. The molecule has 0 N–H and O–H groups in total. The highest BCUT2D eigenvalue weighted by molar-refractivity contribution is 5.71. The number of hydrogen-bond acceptors (Lipinski definition) is 3. The molecule has 86 valence electrons. The Morgan fingerprint density at radius 2 is 2.19 bits per heavy atom. The molecule has 0 aromatic carbocycles. The molecular formula is C13H17NO2. The van der Waals surface area contributed by atoms with Gasteiger partial charge in [0.05, 0.1) is 18.7 Å². The largest absolute Gasteiger partial charge is 0.466 e. The van der Waals surface area contributed by atoms with E-state index in [1.54, 1.807) is 0 Å². The summed E-state index contributed by atoms with van der Waals surface area (Å²) in [6, 6.07) is 4.05. The van der Waals surface area contributed by atoms with Crippen LogP contribution in [-0.2, 0) is 28.8 Å². The number of hydrogen-bond donors (Lipinski definition) is 0. The predicted octanol–water partition coefficient (Wildman–Crippen LogP) is 2.07. The number of aryl methyl sites for hydroxylation is 2. The summed E-state index contributed by atoms with van der Waals surface area (Å²) >= 11 is 0. The summed E-state index contributed by atoms with van der Waals surface area (Å²) in [7, 11) is 0. The van der Waals surface area contributed by atoms with Crippen LogP contribution in [0.2, 0.25) is 0 Å². The molecule has 3 heteroatoms. The third-order valence-electron chi connectivity index (χ3n) is 2.87. The topological polar surface area (TPSA) is 39.2 Å². The van der Waals surface area contributed by atoms with E-state index in [0.29, 0.717) is 13.0 Å². The van der Waals surface area contributed by atoms with Crippen LogP contribution >= 0.6 is 0 Å². The SMILES string of the molecule is CCOC(=O)Cc1ccc2c(n1)CCCC2. The Morgan fingerprint density at radius 3 is 3.00 bits per heavy atom. The Hall–Kier alpha value is -1.38. The van der Waals surface area contributed by atoms with Gasteiger partial charge in [0.15, 0.2) is 0 Å². The van der Waals surface area contributed by atoms with Gasteiger partial charge in [0, 0.05) is 5.69 Å². The molecule has 0 atom stereocenters. The number of carbonyl (C=O) groups excluding carboxylic acids is 1. The number of pyridine rings is 1. The Morgan fingerprint density at radius 1 is 1.38 bits per heavy atom. The number of aromatic nitrogens is 1. The van der Waals surface area contributed by atoms with E-state index in [2.05, 4.69) is 11.1 Å². The number of rotatable bonds is 3. The van der Waals surface area contributed by atoms with Gasteiger partial charge in [-0.1, -0.05) is 6.07 Å². The molecule has 0 unspecified atom stereocenters. The zero-order valence-corrected chi connectivity index (χ0v) is 9.66. The molecule has 1 aliphatic rings. The molecule has 0 fully saturated rings. The molecule has 1 aromatic rings. The molecule has 1 aliphatic carbocycles. The van der Waals surface area contributed by atoms with Gasteiger partial charge in [-0.05, 0) is 44.2 Å². The first-order valence-electron chi connectivity index (χ1n) is 5.93. The summed E-state index contributed by atoms with van der Waals surface area (Å²) in [4.78, 5) is 15.9. The molecule has 0 spiro atoms. The van der Waals surface area contributed by atoms with Crippen molar-refractivity contribution in [1.29, 1.82) is 0 Å². The van der Waals surface area contributed by atoms with Crippen LogP contribution in [0.4, 0.5) is 0 Å². The Labute approximate surface area is 95.8 Å². The van der Waals surface area contributed by atoms with Crippen molar-refractivity contribution in [2.24, 2.45) is 0 Å². The third kappa shape index (κ3) is 2.60. The van der Waals surface area contributed by atoms with E-state index in [1.807, 2.05) is 13.0 Å². The molecule has 16 heavy (non-hydrogen) atoms. The highest BCUT2D eigenvalue weighted by Gasteiger charge is 2.12. The summed E-state index contributed by atoms with van der Waals surface area (Å²) in [5.41, 5.74) is 3.35. The molecule has 3 nitrogen and oxygen atoms in total. The van der Waals surface area contributed by atoms with Gasteiger partial charge in [0.1, 0.15) is 0 Å². The standard InChI is InChI=1S/C13H17NO2/c1-2-16-13(15)9-11-8-7-10-5-3-4-6-12(10)14-11/h7-8H,2-6,9H2,1H3. The molecule has 0 bridgehead atoms. The third-order valence-corrected chi connectivity index (χ3v) is 2.87. The van der Waals surface area contributed by atoms with Gasteiger partial charge in [-0.25, -0.2) is 0 Å². The zero-order chi connectivity index (χ0) is 11.4. The van der Waals surface area contributed by atoms with Crippen LogP contribution in [0.1, 0.15) is 36.7 Å². The number of carbonyl (C=O) groups is 1. The molecule has 0 amide bonds. The fourth-order valence-electron chi connectivity index (χ4n) is 2.09. The second kappa shape index (κ2) is 5.10. The summed E-state index contributed by atoms with van der Waals surface area (Å²) in [5.74, 6) is -0.189. The van der Waals surface area contributed by atoms with Crippen molar-refractivity contribution in [3.05, 3.63) is 29.1 Å². The Kier molecular flexibility index (Phi) is 3.54. The summed E-state index contributed by atoms with van der Waals surface area (Å²) < 4.78 is 4.91. The molecule has 0 saturated heterocycles. The Bertz CT molecular complexity index is 388. The minimum atomic E-state index is -0.189. The van der Waals surface area contributed by atoms with Crippen molar-refractivity contribution < 1.29 is 9.53 Å². The lowest BCUT2D eigenvalue weighted by Gasteiger charge is -2.15. The van der Waals surface area contributed by atoms with E-state index in [9.17, 15) is 4.79 Å². The van der Waals surface area contributed by atoms with Crippen molar-refractivity contribution in [3.8, 4) is 0 Å². The zero-order valence-electron chi connectivity index (χ0n) is 9.66. The average molecular weight is 219 g/mol. The second-order valence-electron chi connectivity index (χ2n) is 4.10. The van der Waals surface area contributed by atoms with E-state index in [-0.39, 0.29) is 5.97 Å². The van der Waals surface area contributed by atoms with E-state index in [0.717, 1.165) is 18.5 Å². The van der Waals surface area contributed by atoms with E-state index in [4.69, 9.17) is 4.74 Å². The van der Waals surface area contributed by atoms with Gasteiger partial charge in [-0.15, -0.1) is 0 Å². The maximum Gasteiger partial charge on any atom is 0.311 e. The molecule has 0 saturated carbocycles. The van der Waals surface area contributed by atoms with Gasteiger partial charge >= 0.3 is 5.97 Å². The van der Waals surface area contributed by atoms with Crippen LogP contribution in [0, 0.1) is 0 Å². The van der Waals surface area contributed by atoms with Crippen molar-refractivity contribution in [1.82, 2.24) is 4.98 Å². The van der Waals surface area contributed by atoms with Crippen LogP contribution in [0.25, 0.3) is 0 Å². The lowest BCUT2D eigenvalue weighted by molar-refractivity contribution is -0.142. The van der Waals surface area contributed by atoms with Crippen molar-refractivity contribution >= 4 is 5.97 Å². The molecule has 0 radical (unpaired) electrons. The highest BCUT2D eigenvalue weighted by atomic mass is 16.5. The number of fused-ring (bicyclic) bond motifs is 1. The van der Waals surface area contributed by atoms with Crippen LogP contribution in [0.5, 0.6) is 0 Å². The van der Waals surface area contributed by atoms with Crippen LogP contribution in [0.3, 0.4) is 0 Å². The maximum atomic E-state index is 11.3. The fraction of sp³-hybridized carbons (Fsp3) is 0.538. The monoisotopic (exact) mass is 219 g/mol. The first-order chi connectivity index (χ1) is 7.79. The number of nitrogens with zero attached hydrogens (tertiary/aromatic N) is 1. The van der Waals surface area contributed by atoms with Crippen LogP contribution < -0.4 is 0 Å². The van der Waals surface area contributed by atoms with E-state index < -0.39 is 0 Å². The van der Waals surface area contributed by atoms with Crippen molar-refractivity contribution in [3.63, 3.8) is 0 Å². The first-order valence-corrected chi connectivity index (χ1v) is 5.93. The van der Waals surface area contributed by atoms with Gasteiger partial charge in [-0.2, -0.15) is 0 Å². The van der Waals surface area contributed by atoms with Crippen molar-refractivity contribution in [2.75, 3.05) is 6.61 Å². The molecule has 1 heterocycles. The van der Waals surface area contributed by atoms with Crippen molar-refractivity contribution in [2.45, 2.75) is 39.0 Å². The quantitative estimate of drug-likeness (QED) is 0.730. The summed E-state index contributed by atoms with van der Waals surface area (Å²) in [5, 5.41) is 0. The molecule has 0 aliphatic heterocycles. The van der Waals surface area contributed by atoms with Crippen LogP contribution in [0.15, 0.2) is 12.1 Å². The summed E-state index contributed by atoms with van der Waals surface area (Å²) in [6.07, 6.45) is 4.93. The smallest absolute Gasteiger partial charge is 0.311 e. The second-order valence-corrected chi connectivity index (χ2v) is 4.10. The Balaban J connectivity index is 2.08. The van der Waals surface area contributed by atoms with Gasteiger partial charge < -0.3 is 4.74 Å². The minimum absolute atomic E-state index is 0.189. The maximum absolute atomic E-state index is 11.3. The van der Waals surface area contributed by atoms with Gasteiger partial charge in [0.2, 0.25) is 0 Å². The van der Waals surface area contributed by atoms with Crippen LogP contribution in [-0.4, -0.2) is 17.6 Å².